The molecule has 0 saturated heterocycles. The number of halogens is 1. The Labute approximate surface area is 98.5 Å². The summed E-state index contributed by atoms with van der Waals surface area (Å²) in [5, 5.41) is 0. The van der Waals surface area contributed by atoms with Crippen molar-refractivity contribution in [1.82, 2.24) is 0 Å². The van der Waals surface area contributed by atoms with Crippen molar-refractivity contribution in [2.75, 3.05) is 0 Å². The summed E-state index contributed by atoms with van der Waals surface area (Å²) in [6.07, 6.45) is 0.859. The molecule has 1 heterocycles. The molecule has 3 heteroatoms. The summed E-state index contributed by atoms with van der Waals surface area (Å²) >= 11 is 7.43. The molecular formula is C12H12ClNS. The van der Waals surface area contributed by atoms with E-state index in [0.29, 0.717) is 0 Å². The molecule has 1 unspecified atom stereocenters. The van der Waals surface area contributed by atoms with E-state index in [4.69, 9.17) is 17.3 Å². The molecule has 0 amide bonds. The molecule has 0 fully saturated rings. The molecule has 1 aromatic carbocycles. The summed E-state index contributed by atoms with van der Waals surface area (Å²) in [6, 6.07) is 14.2. The van der Waals surface area contributed by atoms with E-state index in [0.717, 1.165) is 15.6 Å². The van der Waals surface area contributed by atoms with Crippen LogP contribution in [-0.4, -0.2) is 0 Å². The van der Waals surface area contributed by atoms with Gasteiger partial charge in [-0.1, -0.05) is 41.9 Å². The fourth-order valence-electron chi connectivity index (χ4n) is 1.50. The molecule has 2 rings (SSSR count). The van der Waals surface area contributed by atoms with Crippen LogP contribution in [0, 0.1) is 0 Å². The van der Waals surface area contributed by atoms with Crippen molar-refractivity contribution in [1.29, 1.82) is 0 Å². The molecule has 0 spiro atoms. The van der Waals surface area contributed by atoms with Crippen molar-refractivity contribution in [2.24, 2.45) is 5.73 Å². The molecular weight excluding hydrogens is 226 g/mol. The molecule has 0 bridgehead atoms. The first-order chi connectivity index (χ1) is 7.25. The Morgan fingerprint density at radius 2 is 1.87 bits per heavy atom. The summed E-state index contributed by atoms with van der Waals surface area (Å²) in [5.74, 6) is 0. The smallest absolute Gasteiger partial charge is 0.0931 e. The minimum atomic E-state index is 0.0462. The van der Waals surface area contributed by atoms with E-state index in [1.165, 1.54) is 5.56 Å². The standard InChI is InChI=1S/C12H12ClNS/c13-12-7-6-11(15-12)10(14)8-9-4-2-1-3-5-9/h1-7,10H,8,14H2. The highest BCUT2D eigenvalue weighted by atomic mass is 35.5. The highest BCUT2D eigenvalue weighted by molar-refractivity contribution is 7.16. The van der Waals surface area contributed by atoms with Crippen LogP contribution in [0.25, 0.3) is 0 Å². The van der Waals surface area contributed by atoms with Crippen molar-refractivity contribution in [3.63, 3.8) is 0 Å². The monoisotopic (exact) mass is 237 g/mol. The van der Waals surface area contributed by atoms with Crippen LogP contribution < -0.4 is 5.73 Å². The maximum Gasteiger partial charge on any atom is 0.0931 e. The molecule has 78 valence electrons. The van der Waals surface area contributed by atoms with E-state index >= 15 is 0 Å². The van der Waals surface area contributed by atoms with Crippen LogP contribution in [0.4, 0.5) is 0 Å². The summed E-state index contributed by atoms with van der Waals surface area (Å²) in [4.78, 5) is 1.14. The lowest BCUT2D eigenvalue weighted by molar-refractivity contribution is 0.736. The molecule has 0 radical (unpaired) electrons. The second-order valence-electron chi connectivity index (χ2n) is 3.44. The predicted molar refractivity (Wildman–Crippen MR) is 66.4 cm³/mol. The first kappa shape index (κ1) is 10.7. The number of benzene rings is 1. The zero-order valence-electron chi connectivity index (χ0n) is 8.19. The largest absolute Gasteiger partial charge is 0.323 e. The van der Waals surface area contributed by atoms with E-state index in [9.17, 15) is 0 Å². The van der Waals surface area contributed by atoms with E-state index in [-0.39, 0.29) is 6.04 Å². The van der Waals surface area contributed by atoms with Gasteiger partial charge in [-0.3, -0.25) is 0 Å². The van der Waals surface area contributed by atoms with Crippen molar-refractivity contribution >= 4 is 22.9 Å². The first-order valence-corrected chi connectivity index (χ1v) is 6.00. The lowest BCUT2D eigenvalue weighted by Gasteiger charge is -2.08. The maximum atomic E-state index is 6.09. The van der Waals surface area contributed by atoms with Crippen LogP contribution in [0.2, 0.25) is 4.34 Å². The van der Waals surface area contributed by atoms with Crippen LogP contribution >= 0.6 is 22.9 Å². The Kier molecular flexibility index (Phi) is 3.41. The summed E-state index contributed by atoms with van der Waals surface area (Å²) in [6.45, 7) is 0. The third kappa shape index (κ3) is 2.81. The molecule has 0 aliphatic rings. The van der Waals surface area contributed by atoms with Gasteiger partial charge in [0, 0.05) is 10.9 Å². The number of rotatable bonds is 3. The molecule has 1 aromatic heterocycles. The second-order valence-corrected chi connectivity index (χ2v) is 5.18. The fourth-order valence-corrected chi connectivity index (χ4v) is 2.56. The molecule has 2 aromatic rings. The molecule has 1 nitrogen and oxygen atoms in total. The first-order valence-electron chi connectivity index (χ1n) is 4.80. The summed E-state index contributed by atoms with van der Waals surface area (Å²) < 4.78 is 0.800. The Hall–Kier alpha value is -0.830. The number of thiophene rings is 1. The summed E-state index contributed by atoms with van der Waals surface area (Å²) in [7, 11) is 0. The van der Waals surface area contributed by atoms with Crippen LogP contribution in [0.1, 0.15) is 16.5 Å². The Morgan fingerprint density at radius 1 is 1.13 bits per heavy atom. The van der Waals surface area contributed by atoms with Crippen molar-refractivity contribution in [3.8, 4) is 0 Å². The Balaban J connectivity index is 2.07. The minimum Gasteiger partial charge on any atom is -0.323 e. The molecule has 1 atom stereocenters. The van der Waals surface area contributed by atoms with E-state index in [1.807, 2.05) is 30.3 Å². The van der Waals surface area contributed by atoms with E-state index in [1.54, 1.807) is 11.3 Å². The number of hydrogen-bond donors (Lipinski definition) is 1. The minimum absolute atomic E-state index is 0.0462. The lowest BCUT2D eigenvalue weighted by Crippen LogP contribution is -2.11. The molecule has 0 saturated carbocycles. The zero-order valence-corrected chi connectivity index (χ0v) is 9.76. The highest BCUT2D eigenvalue weighted by Crippen LogP contribution is 2.27. The van der Waals surface area contributed by atoms with Crippen LogP contribution in [-0.2, 0) is 6.42 Å². The Morgan fingerprint density at radius 3 is 2.47 bits per heavy atom. The van der Waals surface area contributed by atoms with E-state index in [2.05, 4.69) is 12.1 Å². The summed E-state index contributed by atoms with van der Waals surface area (Å²) in [5.41, 5.74) is 7.35. The van der Waals surface area contributed by atoms with Gasteiger partial charge in [0.15, 0.2) is 0 Å². The third-order valence-corrected chi connectivity index (χ3v) is 3.62. The average molecular weight is 238 g/mol. The van der Waals surface area contributed by atoms with Gasteiger partial charge in [-0.25, -0.2) is 0 Å². The van der Waals surface area contributed by atoms with Crippen LogP contribution in [0.15, 0.2) is 42.5 Å². The second kappa shape index (κ2) is 4.79. The normalized spacial score (nSPS) is 12.7. The van der Waals surface area contributed by atoms with Crippen molar-refractivity contribution in [2.45, 2.75) is 12.5 Å². The fraction of sp³-hybridized carbons (Fsp3) is 0.167. The lowest BCUT2D eigenvalue weighted by atomic mass is 10.1. The van der Waals surface area contributed by atoms with Gasteiger partial charge < -0.3 is 5.73 Å². The highest BCUT2D eigenvalue weighted by Gasteiger charge is 2.09. The zero-order chi connectivity index (χ0) is 10.7. The van der Waals surface area contributed by atoms with Gasteiger partial charge >= 0.3 is 0 Å². The average Bonchev–Trinajstić information content (AvgIpc) is 2.66. The quantitative estimate of drug-likeness (QED) is 0.867. The number of nitrogens with two attached hydrogens (primary N) is 1. The molecule has 0 aliphatic carbocycles. The van der Waals surface area contributed by atoms with Gasteiger partial charge in [0.25, 0.3) is 0 Å². The Bertz CT molecular complexity index is 424. The van der Waals surface area contributed by atoms with Gasteiger partial charge in [0.2, 0.25) is 0 Å². The van der Waals surface area contributed by atoms with Crippen LogP contribution in [0.5, 0.6) is 0 Å². The predicted octanol–water partition coefficient (Wildman–Crippen LogP) is 3.64. The molecule has 0 aliphatic heterocycles. The van der Waals surface area contributed by atoms with Gasteiger partial charge in [-0.15, -0.1) is 11.3 Å². The van der Waals surface area contributed by atoms with Gasteiger partial charge in [0.05, 0.1) is 4.34 Å². The SMILES string of the molecule is NC(Cc1ccccc1)c1ccc(Cl)s1. The maximum absolute atomic E-state index is 6.09. The topological polar surface area (TPSA) is 26.0 Å². The van der Waals surface area contributed by atoms with Gasteiger partial charge in [-0.2, -0.15) is 0 Å². The van der Waals surface area contributed by atoms with Crippen LogP contribution in [0.3, 0.4) is 0 Å². The molecule has 15 heavy (non-hydrogen) atoms. The van der Waals surface area contributed by atoms with Gasteiger partial charge in [-0.05, 0) is 24.1 Å². The van der Waals surface area contributed by atoms with Gasteiger partial charge in [0.1, 0.15) is 0 Å². The molecule has 2 N–H and O–H groups in total. The number of hydrogen-bond acceptors (Lipinski definition) is 2. The van der Waals surface area contributed by atoms with Crippen molar-refractivity contribution in [3.05, 3.63) is 57.2 Å². The van der Waals surface area contributed by atoms with E-state index < -0.39 is 0 Å². The third-order valence-electron chi connectivity index (χ3n) is 2.26. The van der Waals surface area contributed by atoms with Crippen molar-refractivity contribution < 1.29 is 0 Å².